The molecule has 0 spiro atoms. The minimum atomic E-state index is 0.0936. The first-order valence-electron chi connectivity index (χ1n) is 9.60. The first kappa shape index (κ1) is 17.5. The number of nitrogens with zero attached hydrogens (tertiary/aromatic N) is 3. The summed E-state index contributed by atoms with van der Waals surface area (Å²) in [4.78, 5) is 19.7. The second kappa shape index (κ2) is 8.16. The Morgan fingerprint density at radius 2 is 1.96 bits per heavy atom. The first-order valence-corrected chi connectivity index (χ1v) is 9.60. The number of amides is 1. The van der Waals surface area contributed by atoms with Crippen LogP contribution in [0.5, 0.6) is 0 Å². The van der Waals surface area contributed by atoms with E-state index in [9.17, 15) is 4.79 Å². The SMILES string of the molecule is O=C(c1cccc(-c2cn[nH]c2)c1)N(Cc1cccnc1)C1CCCCC1. The number of aromatic nitrogens is 3. The van der Waals surface area contributed by atoms with Crippen LogP contribution in [-0.2, 0) is 6.54 Å². The van der Waals surface area contributed by atoms with E-state index in [-0.39, 0.29) is 5.91 Å². The zero-order chi connectivity index (χ0) is 18.5. The van der Waals surface area contributed by atoms with Gasteiger partial charge in [-0.2, -0.15) is 5.10 Å². The number of carbonyl (C=O) groups excluding carboxylic acids is 1. The summed E-state index contributed by atoms with van der Waals surface area (Å²) in [6.45, 7) is 0.604. The molecule has 0 aliphatic heterocycles. The van der Waals surface area contributed by atoms with Gasteiger partial charge in [0, 0.05) is 42.3 Å². The van der Waals surface area contributed by atoms with E-state index < -0.39 is 0 Å². The standard InChI is InChI=1S/C22H24N4O/c27-22(19-8-4-7-18(12-19)20-14-24-25-15-20)26(21-9-2-1-3-10-21)16-17-6-5-11-23-13-17/h4-8,11-15,21H,1-3,9-10,16H2,(H,24,25). The Morgan fingerprint density at radius 1 is 1.07 bits per heavy atom. The largest absolute Gasteiger partial charge is 0.331 e. The number of nitrogens with one attached hydrogen (secondary N) is 1. The van der Waals surface area contributed by atoms with Gasteiger partial charge in [-0.1, -0.05) is 37.5 Å². The second-order valence-corrected chi connectivity index (χ2v) is 7.15. The smallest absolute Gasteiger partial charge is 0.254 e. The quantitative estimate of drug-likeness (QED) is 0.731. The molecule has 0 saturated heterocycles. The lowest BCUT2D eigenvalue weighted by Crippen LogP contribution is -2.41. The normalized spacial score (nSPS) is 14.8. The number of pyridine rings is 1. The molecule has 5 heteroatoms. The van der Waals surface area contributed by atoms with Gasteiger partial charge in [-0.25, -0.2) is 0 Å². The van der Waals surface area contributed by atoms with Crippen molar-refractivity contribution in [2.24, 2.45) is 0 Å². The van der Waals surface area contributed by atoms with E-state index in [0.717, 1.165) is 35.1 Å². The number of benzene rings is 1. The molecule has 0 radical (unpaired) electrons. The zero-order valence-electron chi connectivity index (χ0n) is 15.3. The van der Waals surface area contributed by atoms with Crippen LogP contribution >= 0.6 is 0 Å². The van der Waals surface area contributed by atoms with Crippen LogP contribution in [0.15, 0.2) is 61.2 Å². The maximum atomic E-state index is 13.5. The molecular weight excluding hydrogens is 336 g/mol. The molecule has 0 atom stereocenters. The van der Waals surface area contributed by atoms with E-state index in [1.54, 1.807) is 12.4 Å². The molecule has 1 N–H and O–H groups in total. The molecule has 2 heterocycles. The van der Waals surface area contributed by atoms with Crippen LogP contribution in [0, 0.1) is 0 Å². The van der Waals surface area contributed by atoms with Gasteiger partial charge in [-0.05, 0) is 42.2 Å². The fraction of sp³-hybridized carbons (Fsp3) is 0.318. The van der Waals surface area contributed by atoms with Gasteiger partial charge in [0.25, 0.3) is 5.91 Å². The third-order valence-corrected chi connectivity index (χ3v) is 5.29. The van der Waals surface area contributed by atoms with Crippen molar-refractivity contribution < 1.29 is 4.79 Å². The van der Waals surface area contributed by atoms with Gasteiger partial charge < -0.3 is 4.90 Å². The predicted molar refractivity (Wildman–Crippen MR) is 105 cm³/mol. The molecule has 138 valence electrons. The number of aromatic amines is 1. The number of rotatable bonds is 5. The average molecular weight is 360 g/mol. The van der Waals surface area contributed by atoms with Crippen molar-refractivity contribution >= 4 is 5.91 Å². The fourth-order valence-electron chi connectivity index (χ4n) is 3.85. The first-order chi connectivity index (χ1) is 13.3. The summed E-state index contributed by atoms with van der Waals surface area (Å²) >= 11 is 0. The molecule has 2 aromatic heterocycles. The highest BCUT2D eigenvalue weighted by Gasteiger charge is 2.26. The highest BCUT2D eigenvalue weighted by atomic mass is 16.2. The van der Waals surface area contributed by atoms with Crippen molar-refractivity contribution in [2.75, 3.05) is 0 Å². The van der Waals surface area contributed by atoms with Crippen LogP contribution in [0.1, 0.15) is 48.0 Å². The molecule has 27 heavy (non-hydrogen) atoms. The van der Waals surface area contributed by atoms with E-state index in [1.807, 2.05) is 53.7 Å². The van der Waals surface area contributed by atoms with Crippen LogP contribution in [0.4, 0.5) is 0 Å². The van der Waals surface area contributed by atoms with E-state index in [4.69, 9.17) is 0 Å². The zero-order valence-corrected chi connectivity index (χ0v) is 15.3. The number of hydrogen-bond acceptors (Lipinski definition) is 3. The molecule has 5 nitrogen and oxygen atoms in total. The molecule has 1 aliphatic rings. The van der Waals surface area contributed by atoms with Crippen molar-refractivity contribution in [1.29, 1.82) is 0 Å². The van der Waals surface area contributed by atoms with Gasteiger partial charge in [0.2, 0.25) is 0 Å². The minimum absolute atomic E-state index is 0.0936. The highest BCUT2D eigenvalue weighted by Crippen LogP contribution is 2.27. The molecule has 4 rings (SSSR count). The lowest BCUT2D eigenvalue weighted by atomic mass is 9.93. The van der Waals surface area contributed by atoms with Gasteiger partial charge >= 0.3 is 0 Å². The van der Waals surface area contributed by atoms with Crippen LogP contribution in [0.3, 0.4) is 0 Å². The summed E-state index contributed by atoms with van der Waals surface area (Å²) in [6.07, 6.45) is 13.0. The van der Waals surface area contributed by atoms with Gasteiger partial charge in [0.1, 0.15) is 0 Å². The van der Waals surface area contributed by atoms with E-state index >= 15 is 0 Å². The lowest BCUT2D eigenvalue weighted by molar-refractivity contribution is 0.0614. The lowest BCUT2D eigenvalue weighted by Gasteiger charge is -2.34. The Morgan fingerprint density at radius 3 is 2.70 bits per heavy atom. The summed E-state index contributed by atoms with van der Waals surface area (Å²) in [6, 6.07) is 12.1. The molecular formula is C22H24N4O. The summed E-state index contributed by atoms with van der Waals surface area (Å²) in [5, 5.41) is 6.84. The molecule has 1 aliphatic carbocycles. The summed E-state index contributed by atoms with van der Waals surface area (Å²) in [7, 11) is 0. The van der Waals surface area contributed by atoms with Crippen molar-refractivity contribution in [3.63, 3.8) is 0 Å². The summed E-state index contributed by atoms with van der Waals surface area (Å²) < 4.78 is 0. The van der Waals surface area contributed by atoms with Crippen LogP contribution < -0.4 is 0 Å². The monoisotopic (exact) mass is 360 g/mol. The van der Waals surface area contributed by atoms with E-state index in [1.165, 1.54) is 19.3 Å². The van der Waals surface area contributed by atoms with Crippen LogP contribution in [0.2, 0.25) is 0 Å². The average Bonchev–Trinajstić information content (AvgIpc) is 3.28. The van der Waals surface area contributed by atoms with Gasteiger partial charge in [-0.3, -0.25) is 14.9 Å². The minimum Gasteiger partial charge on any atom is -0.331 e. The Balaban J connectivity index is 1.62. The fourth-order valence-corrected chi connectivity index (χ4v) is 3.85. The number of carbonyl (C=O) groups is 1. The van der Waals surface area contributed by atoms with Gasteiger partial charge in [0.05, 0.1) is 6.20 Å². The molecule has 0 unspecified atom stereocenters. The maximum absolute atomic E-state index is 13.5. The molecule has 1 aromatic carbocycles. The number of H-pyrrole nitrogens is 1. The Hall–Kier alpha value is -2.95. The van der Waals surface area contributed by atoms with Gasteiger partial charge in [0.15, 0.2) is 0 Å². The Bertz CT molecular complexity index is 870. The van der Waals surface area contributed by atoms with Crippen molar-refractivity contribution in [2.45, 2.75) is 44.7 Å². The molecule has 1 saturated carbocycles. The third kappa shape index (κ3) is 4.08. The maximum Gasteiger partial charge on any atom is 0.254 e. The molecule has 3 aromatic rings. The molecule has 0 bridgehead atoms. The summed E-state index contributed by atoms with van der Waals surface area (Å²) in [5.41, 5.74) is 3.78. The third-order valence-electron chi connectivity index (χ3n) is 5.29. The highest BCUT2D eigenvalue weighted by molar-refractivity contribution is 5.95. The predicted octanol–water partition coefficient (Wildman–Crippen LogP) is 4.45. The van der Waals surface area contributed by atoms with Crippen LogP contribution in [0.25, 0.3) is 11.1 Å². The van der Waals surface area contributed by atoms with Gasteiger partial charge in [-0.15, -0.1) is 0 Å². The molecule has 1 amide bonds. The number of hydrogen-bond donors (Lipinski definition) is 1. The topological polar surface area (TPSA) is 61.9 Å². The van der Waals surface area contributed by atoms with E-state index in [0.29, 0.717) is 12.6 Å². The van der Waals surface area contributed by atoms with Crippen LogP contribution in [-0.4, -0.2) is 32.0 Å². The molecule has 1 fully saturated rings. The van der Waals surface area contributed by atoms with E-state index in [2.05, 4.69) is 15.2 Å². The second-order valence-electron chi connectivity index (χ2n) is 7.15. The van der Waals surface area contributed by atoms with Crippen molar-refractivity contribution in [3.8, 4) is 11.1 Å². The van der Waals surface area contributed by atoms with Crippen molar-refractivity contribution in [3.05, 3.63) is 72.3 Å². The Labute approximate surface area is 159 Å². The Kier molecular flexibility index (Phi) is 5.28. The summed E-state index contributed by atoms with van der Waals surface area (Å²) in [5.74, 6) is 0.0936. The van der Waals surface area contributed by atoms with Crippen molar-refractivity contribution in [1.82, 2.24) is 20.1 Å².